The standard InChI is InChI=1S/C14H22N2/c1-11-4-5-14(12(2)6-11)10-16(3)9-13-7-15-8-13/h4-6,13,15H,7-10H2,1-3H3. The molecule has 0 unspecified atom stereocenters. The third-order valence-electron chi connectivity index (χ3n) is 3.37. The van der Waals surface area contributed by atoms with Crippen LogP contribution in [0.4, 0.5) is 0 Å². The van der Waals surface area contributed by atoms with Gasteiger partial charge in [-0.1, -0.05) is 23.8 Å². The van der Waals surface area contributed by atoms with Crippen LogP contribution in [-0.2, 0) is 6.54 Å². The SMILES string of the molecule is Cc1ccc(CN(C)CC2CNC2)c(C)c1. The minimum atomic E-state index is 0.857. The lowest BCUT2D eigenvalue weighted by Crippen LogP contribution is -2.47. The largest absolute Gasteiger partial charge is 0.316 e. The Balaban J connectivity index is 1.91. The van der Waals surface area contributed by atoms with Crippen LogP contribution in [0.25, 0.3) is 0 Å². The normalized spacial score (nSPS) is 16.5. The maximum atomic E-state index is 3.32. The lowest BCUT2D eigenvalue weighted by atomic mass is 10.0. The van der Waals surface area contributed by atoms with Gasteiger partial charge in [-0.2, -0.15) is 0 Å². The predicted molar refractivity (Wildman–Crippen MR) is 68.6 cm³/mol. The highest BCUT2D eigenvalue weighted by Crippen LogP contribution is 2.14. The van der Waals surface area contributed by atoms with Gasteiger partial charge in [-0.3, -0.25) is 0 Å². The van der Waals surface area contributed by atoms with E-state index in [9.17, 15) is 0 Å². The van der Waals surface area contributed by atoms with E-state index in [-0.39, 0.29) is 0 Å². The molecular weight excluding hydrogens is 196 g/mol. The van der Waals surface area contributed by atoms with Gasteiger partial charge in [0, 0.05) is 26.2 Å². The van der Waals surface area contributed by atoms with Crippen LogP contribution >= 0.6 is 0 Å². The van der Waals surface area contributed by atoms with Crippen LogP contribution in [0, 0.1) is 19.8 Å². The summed E-state index contributed by atoms with van der Waals surface area (Å²) in [5, 5.41) is 3.32. The van der Waals surface area contributed by atoms with Crippen molar-refractivity contribution in [3.8, 4) is 0 Å². The number of aryl methyl sites for hydroxylation is 2. The van der Waals surface area contributed by atoms with Crippen LogP contribution in [0.2, 0.25) is 0 Å². The zero-order valence-electron chi connectivity index (χ0n) is 10.6. The quantitative estimate of drug-likeness (QED) is 0.831. The molecule has 0 amide bonds. The Hall–Kier alpha value is -0.860. The average molecular weight is 218 g/mol. The van der Waals surface area contributed by atoms with Crippen LogP contribution < -0.4 is 5.32 Å². The summed E-state index contributed by atoms with van der Waals surface area (Å²) in [6.45, 7) is 9.03. The van der Waals surface area contributed by atoms with Gasteiger partial charge in [0.25, 0.3) is 0 Å². The Morgan fingerprint density at radius 2 is 2.06 bits per heavy atom. The van der Waals surface area contributed by atoms with Crippen molar-refractivity contribution in [2.24, 2.45) is 5.92 Å². The molecule has 2 rings (SSSR count). The Labute approximate surface area is 98.7 Å². The minimum absolute atomic E-state index is 0.857. The van der Waals surface area contributed by atoms with Crippen molar-refractivity contribution in [1.82, 2.24) is 10.2 Å². The molecule has 2 nitrogen and oxygen atoms in total. The minimum Gasteiger partial charge on any atom is -0.316 e. The van der Waals surface area contributed by atoms with Gasteiger partial charge >= 0.3 is 0 Å². The molecule has 1 aromatic carbocycles. The van der Waals surface area contributed by atoms with Gasteiger partial charge in [-0.25, -0.2) is 0 Å². The van der Waals surface area contributed by atoms with E-state index in [2.05, 4.69) is 49.3 Å². The lowest BCUT2D eigenvalue weighted by Gasteiger charge is -2.31. The van der Waals surface area contributed by atoms with Crippen LogP contribution in [0.3, 0.4) is 0 Å². The zero-order chi connectivity index (χ0) is 11.5. The molecule has 1 heterocycles. The molecule has 2 heteroatoms. The van der Waals surface area contributed by atoms with Gasteiger partial charge in [0.15, 0.2) is 0 Å². The molecule has 0 radical (unpaired) electrons. The second-order valence-electron chi connectivity index (χ2n) is 5.15. The number of nitrogens with one attached hydrogen (secondary N) is 1. The Bertz CT molecular complexity index is 356. The van der Waals surface area contributed by atoms with Crippen LogP contribution in [0.15, 0.2) is 18.2 Å². The Morgan fingerprint density at radius 3 is 2.62 bits per heavy atom. The fraction of sp³-hybridized carbons (Fsp3) is 0.571. The first kappa shape index (κ1) is 11.6. The molecule has 0 saturated carbocycles. The number of benzene rings is 1. The second-order valence-corrected chi connectivity index (χ2v) is 5.15. The molecular formula is C14H22N2. The van der Waals surface area contributed by atoms with E-state index < -0.39 is 0 Å². The maximum Gasteiger partial charge on any atom is 0.0233 e. The summed E-state index contributed by atoms with van der Waals surface area (Å²) in [6.07, 6.45) is 0. The summed E-state index contributed by atoms with van der Waals surface area (Å²) in [5.74, 6) is 0.857. The fourth-order valence-corrected chi connectivity index (χ4v) is 2.30. The van der Waals surface area contributed by atoms with Gasteiger partial charge < -0.3 is 10.2 Å². The summed E-state index contributed by atoms with van der Waals surface area (Å²) in [5.41, 5.74) is 4.23. The van der Waals surface area contributed by atoms with Gasteiger partial charge in [0.2, 0.25) is 0 Å². The number of nitrogens with zero attached hydrogens (tertiary/aromatic N) is 1. The number of hydrogen-bond acceptors (Lipinski definition) is 2. The second kappa shape index (κ2) is 4.98. The van der Waals surface area contributed by atoms with Gasteiger partial charge in [-0.15, -0.1) is 0 Å². The molecule has 0 spiro atoms. The highest BCUT2D eigenvalue weighted by molar-refractivity contribution is 5.30. The van der Waals surface area contributed by atoms with E-state index >= 15 is 0 Å². The first-order valence-corrected chi connectivity index (χ1v) is 6.10. The van der Waals surface area contributed by atoms with Gasteiger partial charge in [-0.05, 0) is 37.9 Å². The van der Waals surface area contributed by atoms with Crippen LogP contribution in [0.5, 0.6) is 0 Å². The molecule has 0 aromatic heterocycles. The molecule has 1 aliphatic heterocycles. The van der Waals surface area contributed by atoms with Gasteiger partial charge in [0.1, 0.15) is 0 Å². The summed E-state index contributed by atoms with van der Waals surface area (Å²) in [7, 11) is 2.22. The van der Waals surface area contributed by atoms with E-state index in [4.69, 9.17) is 0 Å². The van der Waals surface area contributed by atoms with Crippen LogP contribution in [0.1, 0.15) is 16.7 Å². The molecule has 1 N–H and O–H groups in total. The van der Waals surface area contributed by atoms with E-state index in [0.29, 0.717) is 0 Å². The van der Waals surface area contributed by atoms with Gasteiger partial charge in [0.05, 0.1) is 0 Å². The summed E-state index contributed by atoms with van der Waals surface area (Å²) < 4.78 is 0. The Morgan fingerprint density at radius 1 is 1.31 bits per heavy atom. The van der Waals surface area contributed by atoms with E-state index in [1.54, 1.807) is 0 Å². The highest BCUT2D eigenvalue weighted by atomic mass is 15.1. The molecule has 1 aromatic rings. The molecule has 1 saturated heterocycles. The fourth-order valence-electron chi connectivity index (χ4n) is 2.30. The molecule has 0 atom stereocenters. The van der Waals surface area contributed by atoms with E-state index in [1.165, 1.54) is 36.3 Å². The van der Waals surface area contributed by atoms with Crippen molar-refractivity contribution >= 4 is 0 Å². The van der Waals surface area contributed by atoms with Crippen molar-refractivity contribution in [3.63, 3.8) is 0 Å². The average Bonchev–Trinajstić information content (AvgIpc) is 2.16. The Kier molecular flexibility index (Phi) is 3.62. The van der Waals surface area contributed by atoms with E-state index in [1.807, 2.05) is 0 Å². The van der Waals surface area contributed by atoms with Crippen LogP contribution in [-0.4, -0.2) is 31.6 Å². The van der Waals surface area contributed by atoms with Crippen molar-refractivity contribution in [2.75, 3.05) is 26.7 Å². The number of rotatable bonds is 4. The van der Waals surface area contributed by atoms with Crippen molar-refractivity contribution in [1.29, 1.82) is 0 Å². The lowest BCUT2D eigenvalue weighted by molar-refractivity contribution is 0.218. The molecule has 1 fully saturated rings. The van der Waals surface area contributed by atoms with Crippen molar-refractivity contribution in [3.05, 3.63) is 34.9 Å². The van der Waals surface area contributed by atoms with Crippen molar-refractivity contribution < 1.29 is 0 Å². The number of hydrogen-bond donors (Lipinski definition) is 1. The summed E-state index contributed by atoms with van der Waals surface area (Å²) in [4.78, 5) is 2.43. The third-order valence-corrected chi connectivity index (χ3v) is 3.37. The molecule has 0 bridgehead atoms. The van der Waals surface area contributed by atoms with E-state index in [0.717, 1.165) is 12.5 Å². The topological polar surface area (TPSA) is 15.3 Å². The molecule has 88 valence electrons. The molecule has 1 aliphatic rings. The first-order chi connectivity index (χ1) is 7.65. The molecule has 16 heavy (non-hydrogen) atoms. The summed E-state index contributed by atoms with van der Waals surface area (Å²) >= 11 is 0. The maximum absolute atomic E-state index is 3.32. The third kappa shape index (κ3) is 2.83. The highest BCUT2D eigenvalue weighted by Gasteiger charge is 2.18. The smallest absolute Gasteiger partial charge is 0.0233 e. The summed E-state index contributed by atoms with van der Waals surface area (Å²) in [6, 6.07) is 6.75. The van der Waals surface area contributed by atoms with Crippen molar-refractivity contribution in [2.45, 2.75) is 20.4 Å². The molecule has 0 aliphatic carbocycles. The monoisotopic (exact) mass is 218 g/mol. The zero-order valence-corrected chi connectivity index (χ0v) is 10.6. The predicted octanol–water partition coefficient (Wildman–Crippen LogP) is 1.95. The first-order valence-electron chi connectivity index (χ1n) is 6.10.